The lowest BCUT2D eigenvalue weighted by Crippen LogP contribution is -2.38. The topological polar surface area (TPSA) is 41.6 Å². The van der Waals surface area contributed by atoms with E-state index in [9.17, 15) is 0 Å². The lowest BCUT2D eigenvalue weighted by molar-refractivity contribution is 0.300. The number of nitrogens with zero attached hydrogens (tertiary/aromatic N) is 2. The molecule has 0 aromatic heterocycles. The molecule has 2 fully saturated rings. The van der Waals surface area contributed by atoms with Crippen molar-refractivity contribution in [3.05, 3.63) is 0 Å². The van der Waals surface area contributed by atoms with Gasteiger partial charge in [0.15, 0.2) is 5.96 Å². The molecule has 1 saturated heterocycles. The fraction of sp³-hybridized carbons (Fsp3) is 0.923. The first kappa shape index (κ1) is 15.1. The van der Waals surface area contributed by atoms with Gasteiger partial charge >= 0.3 is 0 Å². The van der Waals surface area contributed by atoms with Crippen molar-refractivity contribution in [1.82, 2.24) is 4.90 Å². The molecule has 0 bridgehead atoms. The van der Waals surface area contributed by atoms with E-state index in [0.717, 1.165) is 31.5 Å². The van der Waals surface area contributed by atoms with Gasteiger partial charge in [-0.2, -0.15) is 0 Å². The van der Waals surface area contributed by atoms with Crippen LogP contribution in [0.3, 0.4) is 0 Å². The van der Waals surface area contributed by atoms with Crippen LogP contribution in [-0.4, -0.2) is 30.5 Å². The van der Waals surface area contributed by atoms with E-state index in [4.69, 9.17) is 5.73 Å². The number of nitrogens with two attached hydrogens (primary N) is 1. The fourth-order valence-electron chi connectivity index (χ4n) is 2.54. The third kappa shape index (κ3) is 5.02. The minimum absolute atomic E-state index is 0. The minimum atomic E-state index is 0. The van der Waals surface area contributed by atoms with Gasteiger partial charge in [0.2, 0.25) is 0 Å². The Hall–Kier alpha value is 0. The summed E-state index contributed by atoms with van der Waals surface area (Å²) in [6.45, 7) is 3.16. The van der Waals surface area contributed by atoms with Crippen LogP contribution >= 0.6 is 24.0 Å². The largest absolute Gasteiger partial charge is 0.370 e. The zero-order valence-electron chi connectivity index (χ0n) is 10.7. The molecular formula is C13H26IN3. The highest BCUT2D eigenvalue weighted by Gasteiger charge is 2.16. The predicted molar refractivity (Wildman–Crippen MR) is 83.9 cm³/mol. The summed E-state index contributed by atoms with van der Waals surface area (Å²) in [6.07, 6.45) is 10.8. The van der Waals surface area contributed by atoms with Crippen molar-refractivity contribution in [1.29, 1.82) is 0 Å². The van der Waals surface area contributed by atoms with E-state index in [1.165, 1.54) is 51.4 Å². The summed E-state index contributed by atoms with van der Waals surface area (Å²) in [5.41, 5.74) is 6.04. The van der Waals surface area contributed by atoms with Gasteiger partial charge in [-0.05, 0) is 25.2 Å². The summed E-state index contributed by atoms with van der Waals surface area (Å²) < 4.78 is 0. The molecule has 1 aliphatic heterocycles. The van der Waals surface area contributed by atoms with Gasteiger partial charge in [-0.15, -0.1) is 24.0 Å². The Morgan fingerprint density at radius 1 is 1.06 bits per heavy atom. The Bertz CT molecular complexity index is 231. The van der Waals surface area contributed by atoms with E-state index in [-0.39, 0.29) is 24.0 Å². The van der Waals surface area contributed by atoms with Gasteiger partial charge in [-0.3, -0.25) is 4.99 Å². The van der Waals surface area contributed by atoms with Gasteiger partial charge < -0.3 is 10.6 Å². The maximum atomic E-state index is 6.04. The second-order valence-corrected chi connectivity index (χ2v) is 5.23. The monoisotopic (exact) mass is 351 g/mol. The molecule has 4 heteroatoms. The van der Waals surface area contributed by atoms with Gasteiger partial charge in [0.1, 0.15) is 0 Å². The first-order valence-electron chi connectivity index (χ1n) is 6.91. The van der Waals surface area contributed by atoms with Crippen molar-refractivity contribution in [3.63, 3.8) is 0 Å². The summed E-state index contributed by atoms with van der Waals surface area (Å²) in [5.74, 6) is 1.74. The number of likely N-dealkylation sites (tertiary alicyclic amines) is 1. The summed E-state index contributed by atoms with van der Waals surface area (Å²) >= 11 is 0. The van der Waals surface area contributed by atoms with Crippen LogP contribution in [0.5, 0.6) is 0 Å². The van der Waals surface area contributed by atoms with Crippen LogP contribution in [0, 0.1) is 5.92 Å². The summed E-state index contributed by atoms with van der Waals surface area (Å²) in [7, 11) is 0. The Balaban J connectivity index is 0.00000144. The highest BCUT2D eigenvalue weighted by Crippen LogP contribution is 2.29. The molecule has 2 aliphatic rings. The average molecular weight is 351 g/mol. The highest BCUT2D eigenvalue weighted by molar-refractivity contribution is 14.0. The van der Waals surface area contributed by atoms with Crippen molar-refractivity contribution in [2.45, 2.75) is 51.4 Å². The van der Waals surface area contributed by atoms with Crippen molar-refractivity contribution >= 4 is 29.9 Å². The van der Waals surface area contributed by atoms with E-state index >= 15 is 0 Å². The second-order valence-electron chi connectivity index (χ2n) is 5.23. The zero-order chi connectivity index (χ0) is 11.2. The maximum absolute atomic E-state index is 6.04. The summed E-state index contributed by atoms with van der Waals surface area (Å²) in [6, 6.07) is 0. The van der Waals surface area contributed by atoms with E-state index in [1.54, 1.807) is 0 Å². The van der Waals surface area contributed by atoms with Crippen molar-refractivity contribution in [2.24, 2.45) is 16.6 Å². The van der Waals surface area contributed by atoms with Crippen molar-refractivity contribution in [3.8, 4) is 0 Å². The average Bonchev–Trinajstić information content (AvgIpc) is 2.49. The van der Waals surface area contributed by atoms with E-state index in [0.29, 0.717) is 0 Å². The molecule has 17 heavy (non-hydrogen) atoms. The predicted octanol–water partition coefficient (Wildman–Crippen LogP) is 2.99. The smallest absolute Gasteiger partial charge is 0.191 e. The molecule has 100 valence electrons. The molecule has 0 amide bonds. The van der Waals surface area contributed by atoms with Crippen LogP contribution in [0.2, 0.25) is 0 Å². The molecular weight excluding hydrogens is 325 g/mol. The number of rotatable bonds is 3. The van der Waals surface area contributed by atoms with E-state index in [1.807, 2.05) is 0 Å². The Morgan fingerprint density at radius 3 is 2.24 bits per heavy atom. The van der Waals surface area contributed by atoms with Crippen molar-refractivity contribution < 1.29 is 0 Å². The molecule has 1 saturated carbocycles. The van der Waals surface area contributed by atoms with Gasteiger partial charge in [-0.1, -0.05) is 32.1 Å². The number of hydrogen-bond donors (Lipinski definition) is 1. The lowest BCUT2D eigenvalue weighted by Gasteiger charge is -2.25. The molecule has 0 radical (unpaired) electrons. The van der Waals surface area contributed by atoms with E-state index < -0.39 is 0 Å². The number of aliphatic imine (C=N–C) groups is 1. The molecule has 0 spiro atoms. The fourth-order valence-corrected chi connectivity index (χ4v) is 2.54. The number of halogens is 1. The molecule has 1 heterocycles. The third-order valence-electron chi connectivity index (χ3n) is 3.97. The standard InChI is InChI=1S/C13H25N3.HI/c14-13(15-9-8-12-6-5-7-12)16-10-3-1-2-4-11-16;/h12H,1-11H2,(H2,14,15);1H. The molecule has 2 N–H and O–H groups in total. The van der Waals surface area contributed by atoms with Crippen LogP contribution in [0.25, 0.3) is 0 Å². The van der Waals surface area contributed by atoms with Gasteiger partial charge in [0.05, 0.1) is 0 Å². The van der Waals surface area contributed by atoms with Gasteiger partial charge in [-0.25, -0.2) is 0 Å². The number of hydrogen-bond acceptors (Lipinski definition) is 1. The van der Waals surface area contributed by atoms with Crippen LogP contribution in [0.4, 0.5) is 0 Å². The minimum Gasteiger partial charge on any atom is -0.370 e. The van der Waals surface area contributed by atoms with Gasteiger partial charge in [0, 0.05) is 19.6 Å². The molecule has 0 aromatic carbocycles. The SMILES string of the molecule is I.NC(=NCCC1CCC1)N1CCCCCC1. The Labute approximate surface area is 122 Å². The van der Waals surface area contributed by atoms with Crippen LogP contribution in [0.1, 0.15) is 51.4 Å². The second kappa shape index (κ2) is 8.16. The first-order valence-corrected chi connectivity index (χ1v) is 6.91. The molecule has 0 atom stereocenters. The van der Waals surface area contributed by atoms with Crippen LogP contribution < -0.4 is 5.73 Å². The van der Waals surface area contributed by atoms with Crippen LogP contribution in [-0.2, 0) is 0 Å². The van der Waals surface area contributed by atoms with Crippen molar-refractivity contribution in [2.75, 3.05) is 19.6 Å². The summed E-state index contributed by atoms with van der Waals surface area (Å²) in [5, 5.41) is 0. The molecule has 0 aromatic rings. The Kier molecular flexibility index (Phi) is 7.23. The molecule has 2 rings (SSSR count). The molecule has 1 aliphatic carbocycles. The van der Waals surface area contributed by atoms with E-state index in [2.05, 4.69) is 9.89 Å². The highest BCUT2D eigenvalue weighted by atomic mass is 127. The third-order valence-corrected chi connectivity index (χ3v) is 3.97. The quantitative estimate of drug-likeness (QED) is 0.483. The van der Waals surface area contributed by atoms with Crippen LogP contribution in [0.15, 0.2) is 4.99 Å². The number of guanidine groups is 1. The first-order chi connectivity index (χ1) is 7.86. The molecule has 0 unspecified atom stereocenters. The maximum Gasteiger partial charge on any atom is 0.191 e. The molecule has 3 nitrogen and oxygen atoms in total. The Morgan fingerprint density at radius 2 is 1.71 bits per heavy atom. The van der Waals surface area contributed by atoms with Gasteiger partial charge in [0.25, 0.3) is 0 Å². The lowest BCUT2D eigenvalue weighted by atomic mass is 9.83. The summed E-state index contributed by atoms with van der Waals surface area (Å²) in [4.78, 5) is 6.80. The normalized spacial score (nSPS) is 22.6. The zero-order valence-corrected chi connectivity index (χ0v) is 13.1.